The molecule has 2 unspecified atom stereocenters. The minimum atomic E-state index is -2.44. The molecule has 30 heteroatoms. The molecule has 12 atom stereocenters. The second-order valence-electron chi connectivity index (χ2n) is 22.0. The number of aliphatic hydroxyl groups is 3. The monoisotopic (exact) mass is 1220 g/mol. The van der Waals surface area contributed by atoms with Gasteiger partial charge in [-0.15, -0.1) is 11.8 Å². The number of rotatable bonds is 17. The predicted molar refractivity (Wildman–Crippen MR) is 300 cm³/mol. The first-order chi connectivity index (χ1) is 39.7. The fourth-order valence-electron chi connectivity index (χ4n) is 10.6. The second-order valence-corrected chi connectivity index (χ2v) is 24.7. The third-order valence-electron chi connectivity index (χ3n) is 15.9. The smallest absolute Gasteiger partial charge is 0.304 e. The first-order valence-electron chi connectivity index (χ1n) is 27.8. The number of methoxy groups -OCH3 is 1. The average Bonchev–Trinajstić information content (AvgIpc) is 2.45. The number of aromatic nitrogens is 1. The number of H-pyrrole nitrogens is 1. The van der Waals surface area contributed by atoms with E-state index in [0.717, 1.165) is 4.90 Å². The fourth-order valence-corrected chi connectivity index (χ4v) is 13.3. The average molecular weight is 1220 g/mol. The number of carboxylic acid groups (broad SMARTS) is 1. The number of aromatic amines is 1. The summed E-state index contributed by atoms with van der Waals surface area (Å²) in [5.74, 6) is -15.6. The van der Waals surface area contributed by atoms with E-state index in [9.17, 15) is 72.9 Å². The van der Waals surface area contributed by atoms with Gasteiger partial charge in [0.1, 0.15) is 28.9 Å². The maximum Gasteiger partial charge on any atom is 0.304 e. The SMILES string of the molecule is CC[C@H](C)[C@@H]1CC(=O)CNC(=O)[C@H]2CC(=O)[C@H]([C@@H](C)[C@@H](O)CO)NC(=O)[C@@H]3C[C@@H](O)CN3C(=O)[C@H](CC(N)=O)NC(=O)[C@H](CS(=O)c3[nH]c4c(CSC5CN(C(=O)CCNC(=O)C(C)CC(=O)O)C5)c(OC)ccc4c3C2)NC(=O)CNC1=O. The molecule has 28 nitrogen and oxygen atoms in total. The zero-order chi connectivity index (χ0) is 61.9. The van der Waals surface area contributed by atoms with Crippen molar-refractivity contribution in [1.29, 1.82) is 0 Å². The number of carbonyl (C=O) groups is 12. The van der Waals surface area contributed by atoms with Crippen molar-refractivity contribution < 1.29 is 86.9 Å². The van der Waals surface area contributed by atoms with Crippen LogP contribution < -0.4 is 42.4 Å². The molecule has 84 heavy (non-hydrogen) atoms. The molecule has 0 spiro atoms. The molecule has 2 saturated heterocycles. The van der Waals surface area contributed by atoms with Crippen molar-refractivity contribution in [3.05, 3.63) is 23.3 Å². The van der Waals surface area contributed by atoms with Crippen LogP contribution in [0.15, 0.2) is 17.2 Å². The molecule has 0 aliphatic carbocycles. The maximum absolute atomic E-state index is 15.3. The summed E-state index contributed by atoms with van der Waals surface area (Å²) in [5.41, 5.74) is 6.57. The number of carboxylic acids is 1. The Balaban J connectivity index is 1.47. The lowest BCUT2D eigenvalue weighted by atomic mass is 9.85. The highest BCUT2D eigenvalue weighted by Crippen LogP contribution is 2.39. The Morgan fingerprint density at radius 1 is 0.917 bits per heavy atom. The summed E-state index contributed by atoms with van der Waals surface area (Å²) in [6, 6.07) is -3.80. The van der Waals surface area contributed by atoms with Crippen LogP contribution in [0.1, 0.15) is 83.8 Å². The molecule has 9 amide bonds. The minimum Gasteiger partial charge on any atom is -0.496 e. The summed E-state index contributed by atoms with van der Waals surface area (Å²) in [6.45, 7) is 4.13. The standard InChI is InChI=1S/C54H76N10O18S2/c1-6-25(2)33-14-29(66)17-57-49(76)28-12-34-32-7-8-41(82-5)35(23-83-31-20-63(21-31)44(72)9-10-56-48(75)26(3)11-45(73)74)47(32)62-53(34)84(81)24-37(59-43(71)18-58-50(33)77)51(78)60-36(16-42(55)70)54(80)64-19-30(67)15-38(64)52(79)61-46(39(68)13-28)27(4)40(69)22-65/h7-8,25-28,30-31,33,36-38,40,46,62,65,67,69H,6,9-24H2,1-5H3,(H2,55,70)(H,56,75)(H,57,76)(H,58,77)(H,59,71)(H,60,78)(H,61,79)(H,73,74)/t25-,26?,27-,28+,30+,33-,36-,37-,38-,40-,46-,84?/m0/s1. The number of amides is 9. The van der Waals surface area contributed by atoms with Gasteiger partial charge in [0, 0.05) is 97.5 Å². The van der Waals surface area contributed by atoms with Crippen LogP contribution in [0.25, 0.3) is 10.9 Å². The number of hydrogen-bond acceptors (Lipinski definition) is 18. The van der Waals surface area contributed by atoms with Gasteiger partial charge in [0.15, 0.2) is 11.6 Å². The number of Topliss-reactive ketones (excluding diaryl/α,β-unsaturated/α-hetero) is 2. The van der Waals surface area contributed by atoms with Gasteiger partial charge in [-0.2, -0.15) is 0 Å². The Morgan fingerprint density at radius 3 is 2.27 bits per heavy atom. The molecule has 13 N–H and O–H groups in total. The Kier molecular flexibility index (Phi) is 23.4. The molecule has 0 saturated carbocycles. The van der Waals surface area contributed by atoms with Crippen LogP contribution in [0.2, 0.25) is 0 Å². The van der Waals surface area contributed by atoms with Crippen LogP contribution in [0, 0.1) is 29.6 Å². The van der Waals surface area contributed by atoms with Crippen LogP contribution in [-0.4, -0.2) is 210 Å². The number of aliphatic carboxylic acids is 1. The number of nitrogens with zero attached hydrogens (tertiary/aromatic N) is 2. The zero-order valence-corrected chi connectivity index (χ0v) is 49.0. The van der Waals surface area contributed by atoms with E-state index in [1.807, 2.05) is 0 Å². The Morgan fingerprint density at radius 2 is 1.62 bits per heavy atom. The van der Waals surface area contributed by atoms with E-state index in [2.05, 4.69) is 36.9 Å². The number of nitrogens with one attached hydrogen (secondary N) is 7. The molecule has 462 valence electrons. The van der Waals surface area contributed by atoms with Gasteiger partial charge in [0.25, 0.3) is 0 Å². The lowest BCUT2D eigenvalue weighted by Gasteiger charge is -2.39. The summed E-state index contributed by atoms with van der Waals surface area (Å²) < 4.78 is 21.1. The Labute approximate surface area is 490 Å². The third kappa shape index (κ3) is 16.7. The van der Waals surface area contributed by atoms with E-state index in [-0.39, 0.29) is 46.9 Å². The van der Waals surface area contributed by atoms with Gasteiger partial charge in [-0.25, -0.2) is 0 Å². The molecule has 1 aromatic carbocycles. The molecule has 1 aromatic heterocycles. The van der Waals surface area contributed by atoms with Crippen molar-refractivity contribution in [2.24, 2.45) is 35.3 Å². The number of ketones is 2. The van der Waals surface area contributed by atoms with Crippen LogP contribution in [-0.2, 0) is 80.5 Å². The number of thioether (sulfide) groups is 1. The van der Waals surface area contributed by atoms with E-state index in [4.69, 9.17) is 15.6 Å². The maximum atomic E-state index is 15.3. The van der Waals surface area contributed by atoms with E-state index < -0.39 is 206 Å². The summed E-state index contributed by atoms with van der Waals surface area (Å²) in [6.07, 6.45) is -5.89. The highest BCUT2D eigenvalue weighted by Gasteiger charge is 2.45. The van der Waals surface area contributed by atoms with Crippen LogP contribution in [0.3, 0.4) is 0 Å². The summed E-state index contributed by atoms with van der Waals surface area (Å²) in [5, 5.41) is 56.2. The molecule has 5 heterocycles. The second kappa shape index (κ2) is 29.7. The van der Waals surface area contributed by atoms with E-state index >= 15 is 4.21 Å². The summed E-state index contributed by atoms with van der Waals surface area (Å²) in [7, 11) is -1.03. The van der Waals surface area contributed by atoms with Crippen molar-refractivity contribution in [3.63, 3.8) is 0 Å². The van der Waals surface area contributed by atoms with Crippen molar-refractivity contribution in [3.8, 4) is 5.75 Å². The van der Waals surface area contributed by atoms with Gasteiger partial charge < -0.3 is 77.6 Å². The minimum absolute atomic E-state index is 0.00112. The molecule has 2 bridgehead atoms. The van der Waals surface area contributed by atoms with Crippen molar-refractivity contribution in [2.75, 3.05) is 58.7 Å². The lowest BCUT2D eigenvalue weighted by Crippen LogP contribution is -2.60. The molecular formula is C54H76N10O18S2. The van der Waals surface area contributed by atoms with Gasteiger partial charge in [0.05, 0.1) is 80.0 Å². The number of primary amides is 1. The number of carbonyl (C=O) groups excluding carboxylic acids is 11. The Hall–Kier alpha value is -7.02. The van der Waals surface area contributed by atoms with E-state index in [1.54, 1.807) is 30.9 Å². The van der Waals surface area contributed by atoms with Crippen LogP contribution in [0.5, 0.6) is 5.75 Å². The fraction of sp³-hybridized carbons (Fsp3) is 0.630. The van der Waals surface area contributed by atoms with Gasteiger partial charge in [-0.05, 0) is 30.0 Å². The number of likely N-dealkylation sites (tertiary alicyclic amines) is 1. The number of ether oxygens (including phenoxy) is 1. The van der Waals surface area contributed by atoms with Gasteiger partial charge in [-0.3, -0.25) is 61.7 Å². The normalized spacial score (nSPS) is 26.0. The number of aliphatic hydroxyl groups excluding tert-OH is 3. The predicted octanol–water partition coefficient (Wildman–Crippen LogP) is -3.37. The number of hydrogen-bond donors (Lipinski definition) is 12. The molecular weight excluding hydrogens is 1140 g/mol. The van der Waals surface area contributed by atoms with E-state index in [0.29, 0.717) is 41.7 Å². The van der Waals surface area contributed by atoms with Crippen molar-refractivity contribution in [2.45, 2.75) is 131 Å². The van der Waals surface area contributed by atoms with Gasteiger partial charge >= 0.3 is 5.97 Å². The van der Waals surface area contributed by atoms with Crippen LogP contribution >= 0.6 is 11.8 Å². The first-order valence-corrected chi connectivity index (χ1v) is 30.1. The molecule has 6 rings (SSSR count). The highest BCUT2D eigenvalue weighted by molar-refractivity contribution is 7.99. The lowest BCUT2D eigenvalue weighted by molar-refractivity contribution is -0.144. The topological polar surface area (TPSA) is 433 Å². The molecule has 2 aromatic rings. The highest BCUT2D eigenvalue weighted by atomic mass is 32.2. The van der Waals surface area contributed by atoms with Crippen molar-refractivity contribution in [1.82, 2.24) is 46.7 Å². The largest absolute Gasteiger partial charge is 0.496 e. The van der Waals surface area contributed by atoms with Crippen LogP contribution in [0.4, 0.5) is 0 Å². The van der Waals surface area contributed by atoms with Crippen molar-refractivity contribution >= 4 is 104 Å². The summed E-state index contributed by atoms with van der Waals surface area (Å²) >= 11 is 1.44. The zero-order valence-electron chi connectivity index (χ0n) is 47.4. The molecule has 0 radical (unpaired) electrons. The molecule has 4 aliphatic heterocycles. The molecule has 4 aliphatic rings. The summed E-state index contributed by atoms with van der Waals surface area (Å²) in [4.78, 5) is 169. The van der Waals surface area contributed by atoms with E-state index in [1.165, 1.54) is 32.7 Å². The third-order valence-corrected chi connectivity index (χ3v) is 18.5. The quantitative estimate of drug-likeness (QED) is 0.0735. The first kappa shape index (κ1) is 66.1. The number of nitrogens with two attached hydrogens (primary N) is 1. The number of benzene rings is 1. The number of fused-ring (bicyclic) bond motifs is 5. The molecule has 2 fully saturated rings. The van der Waals surface area contributed by atoms with Gasteiger partial charge in [-0.1, -0.05) is 34.1 Å². The van der Waals surface area contributed by atoms with Gasteiger partial charge in [0.2, 0.25) is 53.2 Å². The Bertz CT molecular complexity index is 2900.